The van der Waals surface area contributed by atoms with Crippen LogP contribution in [0.15, 0.2) is 21.1 Å². The smallest absolute Gasteiger partial charge is 0.151 e. The van der Waals surface area contributed by atoms with Crippen LogP contribution in [0.5, 0.6) is 0 Å². The molecule has 0 aliphatic carbocycles. The predicted octanol–water partition coefficient (Wildman–Crippen LogP) is 2.57. The normalized spacial score (nSPS) is 19.1. The molecule has 0 saturated carbocycles. The van der Waals surface area contributed by atoms with Gasteiger partial charge >= 0.3 is 0 Å². The van der Waals surface area contributed by atoms with Gasteiger partial charge in [0.1, 0.15) is 5.60 Å². The van der Waals surface area contributed by atoms with Gasteiger partial charge in [0, 0.05) is 0 Å². The lowest BCUT2D eigenvalue weighted by Crippen LogP contribution is -2.46. The summed E-state index contributed by atoms with van der Waals surface area (Å²) in [5.41, 5.74) is -0.303. The Morgan fingerprint density at radius 2 is 1.79 bits per heavy atom. The van der Waals surface area contributed by atoms with E-state index in [0.29, 0.717) is 14.5 Å². The van der Waals surface area contributed by atoms with Crippen molar-refractivity contribution in [1.29, 1.82) is 0 Å². The molecule has 0 amide bonds. The van der Waals surface area contributed by atoms with Crippen molar-refractivity contribution in [3.8, 4) is 0 Å². The van der Waals surface area contributed by atoms with Crippen molar-refractivity contribution in [3.63, 3.8) is 0 Å². The van der Waals surface area contributed by atoms with Crippen LogP contribution < -0.4 is 0 Å². The third-order valence-corrected chi connectivity index (χ3v) is 3.36. The van der Waals surface area contributed by atoms with Gasteiger partial charge in [-0.05, 0) is 49.6 Å². The van der Waals surface area contributed by atoms with Crippen LogP contribution in [0, 0.1) is 5.82 Å². The van der Waals surface area contributed by atoms with E-state index in [1.54, 1.807) is 12.1 Å². The molecule has 1 heterocycles. The maximum Gasteiger partial charge on any atom is 0.151 e. The summed E-state index contributed by atoms with van der Waals surface area (Å²) < 4.78 is 18.8. The molecule has 0 atom stereocenters. The zero-order valence-corrected chi connectivity index (χ0v) is 10.2. The van der Waals surface area contributed by atoms with Gasteiger partial charge in [-0.15, -0.1) is 0 Å². The minimum Gasteiger partial charge on any atom is -0.380 e. The van der Waals surface area contributed by atoms with E-state index in [9.17, 15) is 9.50 Å². The minimum absolute atomic E-state index is 0.261. The Kier molecular flexibility index (Phi) is 2.68. The van der Waals surface area contributed by atoms with Crippen LogP contribution in [0.2, 0.25) is 0 Å². The first kappa shape index (κ1) is 10.5. The Morgan fingerprint density at radius 3 is 2.14 bits per heavy atom. The van der Waals surface area contributed by atoms with Crippen LogP contribution in [0.1, 0.15) is 5.56 Å². The summed E-state index contributed by atoms with van der Waals surface area (Å²) in [5.74, 6) is -0.363. The van der Waals surface area contributed by atoms with Crippen LogP contribution in [0.25, 0.3) is 0 Å². The van der Waals surface area contributed by atoms with E-state index in [2.05, 4.69) is 31.9 Å². The SMILES string of the molecule is OC1(c2cc(Br)c(F)c(Br)c2)COC1. The average molecular weight is 326 g/mol. The molecule has 1 aromatic carbocycles. The van der Waals surface area contributed by atoms with Crippen molar-refractivity contribution in [1.82, 2.24) is 0 Å². The lowest BCUT2D eigenvalue weighted by Gasteiger charge is -2.36. The lowest BCUT2D eigenvalue weighted by atomic mass is 9.92. The highest BCUT2D eigenvalue weighted by molar-refractivity contribution is 9.11. The van der Waals surface area contributed by atoms with E-state index in [1.807, 2.05) is 0 Å². The van der Waals surface area contributed by atoms with Crippen molar-refractivity contribution in [2.24, 2.45) is 0 Å². The zero-order valence-electron chi connectivity index (χ0n) is 7.06. The number of aliphatic hydroxyl groups is 1. The Balaban J connectivity index is 2.45. The summed E-state index contributed by atoms with van der Waals surface area (Å²) in [5, 5.41) is 9.93. The monoisotopic (exact) mass is 324 g/mol. The van der Waals surface area contributed by atoms with E-state index < -0.39 is 5.60 Å². The van der Waals surface area contributed by atoms with Gasteiger partial charge in [-0.2, -0.15) is 0 Å². The molecular weight excluding hydrogens is 319 g/mol. The zero-order chi connectivity index (χ0) is 10.3. The highest BCUT2D eigenvalue weighted by atomic mass is 79.9. The largest absolute Gasteiger partial charge is 0.380 e. The Bertz CT molecular complexity index is 354. The third-order valence-electron chi connectivity index (χ3n) is 2.20. The maximum atomic E-state index is 13.2. The van der Waals surface area contributed by atoms with Crippen LogP contribution in [0.4, 0.5) is 4.39 Å². The summed E-state index contributed by atoms with van der Waals surface area (Å²) in [6.07, 6.45) is 0. The predicted molar refractivity (Wildman–Crippen MR) is 56.5 cm³/mol. The first-order valence-electron chi connectivity index (χ1n) is 3.98. The maximum absolute atomic E-state index is 13.2. The number of rotatable bonds is 1. The minimum atomic E-state index is -0.960. The van der Waals surface area contributed by atoms with Crippen LogP contribution in [-0.2, 0) is 10.3 Å². The van der Waals surface area contributed by atoms with Gasteiger partial charge in [0.05, 0.1) is 22.2 Å². The number of hydrogen-bond acceptors (Lipinski definition) is 2. The van der Waals surface area contributed by atoms with Crippen molar-refractivity contribution >= 4 is 31.9 Å². The Labute approximate surface area is 97.3 Å². The van der Waals surface area contributed by atoms with E-state index in [0.717, 1.165) is 0 Å². The fraction of sp³-hybridized carbons (Fsp3) is 0.333. The Hall–Kier alpha value is 0.0300. The lowest BCUT2D eigenvalue weighted by molar-refractivity contribution is -0.184. The summed E-state index contributed by atoms with van der Waals surface area (Å²) in [4.78, 5) is 0. The molecule has 1 aliphatic heterocycles. The van der Waals surface area contributed by atoms with Crippen LogP contribution in [-0.4, -0.2) is 18.3 Å². The van der Waals surface area contributed by atoms with E-state index in [1.165, 1.54) is 0 Å². The second-order valence-electron chi connectivity index (χ2n) is 3.28. The Morgan fingerprint density at radius 1 is 1.29 bits per heavy atom. The molecule has 0 unspecified atom stereocenters. The first-order chi connectivity index (χ1) is 6.53. The van der Waals surface area contributed by atoms with Crippen molar-refractivity contribution in [3.05, 3.63) is 32.5 Å². The highest BCUT2D eigenvalue weighted by Gasteiger charge is 2.38. The molecule has 1 aromatic rings. The van der Waals surface area contributed by atoms with E-state index in [-0.39, 0.29) is 19.0 Å². The number of benzene rings is 1. The standard InChI is InChI=1S/C9H7Br2FO2/c10-6-1-5(2-7(11)8(6)12)9(13)3-14-4-9/h1-2,13H,3-4H2. The topological polar surface area (TPSA) is 29.5 Å². The third kappa shape index (κ3) is 1.62. The molecule has 1 saturated heterocycles. The fourth-order valence-corrected chi connectivity index (χ4v) is 2.47. The second-order valence-corrected chi connectivity index (χ2v) is 4.99. The summed E-state index contributed by atoms with van der Waals surface area (Å²) >= 11 is 6.17. The van der Waals surface area contributed by atoms with Crippen LogP contribution in [0.3, 0.4) is 0 Å². The van der Waals surface area contributed by atoms with Gasteiger partial charge in [0.2, 0.25) is 0 Å². The van der Waals surface area contributed by atoms with Gasteiger partial charge < -0.3 is 9.84 Å². The highest BCUT2D eigenvalue weighted by Crippen LogP contribution is 2.34. The number of hydrogen-bond donors (Lipinski definition) is 1. The van der Waals surface area contributed by atoms with E-state index in [4.69, 9.17) is 4.74 Å². The molecule has 1 aliphatic rings. The van der Waals surface area contributed by atoms with E-state index >= 15 is 0 Å². The molecular formula is C9H7Br2FO2. The number of halogens is 3. The molecule has 0 bridgehead atoms. The number of ether oxygens (including phenoxy) is 1. The molecule has 2 rings (SSSR count). The van der Waals surface area contributed by atoms with Gasteiger partial charge in [0.15, 0.2) is 5.82 Å². The first-order valence-corrected chi connectivity index (χ1v) is 5.57. The van der Waals surface area contributed by atoms with Crippen molar-refractivity contribution in [2.75, 3.05) is 13.2 Å². The second kappa shape index (κ2) is 3.56. The van der Waals surface area contributed by atoms with Crippen LogP contribution >= 0.6 is 31.9 Å². The van der Waals surface area contributed by atoms with Crippen molar-refractivity contribution < 1.29 is 14.2 Å². The molecule has 2 nitrogen and oxygen atoms in total. The summed E-state index contributed by atoms with van der Waals surface area (Å²) in [7, 11) is 0. The van der Waals surface area contributed by atoms with Gasteiger partial charge in [-0.25, -0.2) is 4.39 Å². The molecule has 0 aromatic heterocycles. The summed E-state index contributed by atoms with van der Waals surface area (Å²) in [6, 6.07) is 3.14. The molecule has 0 spiro atoms. The van der Waals surface area contributed by atoms with Gasteiger partial charge in [-0.1, -0.05) is 0 Å². The van der Waals surface area contributed by atoms with Gasteiger partial charge in [0.25, 0.3) is 0 Å². The molecule has 14 heavy (non-hydrogen) atoms. The molecule has 1 N–H and O–H groups in total. The molecule has 76 valence electrons. The molecule has 1 fully saturated rings. The molecule has 5 heteroatoms. The van der Waals surface area contributed by atoms with Crippen molar-refractivity contribution in [2.45, 2.75) is 5.60 Å². The average Bonchev–Trinajstić information content (AvgIpc) is 2.09. The quantitative estimate of drug-likeness (QED) is 0.804. The fourth-order valence-electron chi connectivity index (χ4n) is 1.29. The molecule has 0 radical (unpaired) electrons. The van der Waals surface area contributed by atoms with Gasteiger partial charge in [-0.3, -0.25) is 0 Å². The summed E-state index contributed by atoms with van der Waals surface area (Å²) in [6.45, 7) is 0.523.